The first-order chi connectivity index (χ1) is 14.7. The molecule has 0 atom stereocenters. The lowest BCUT2D eigenvalue weighted by Crippen LogP contribution is -2.13. The molecule has 0 radical (unpaired) electrons. The number of carbonyl (C=O) groups is 1. The molecule has 1 saturated carbocycles. The Kier molecular flexibility index (Phi) is 4.55. The molecule has 0 aliphatic heterocycles. The molecule has 4 aromatic rings. The molecular weight excluding hydrogens is 376 g/mol. The third kappa shape index (κ3) is 3.57. The van der Waals surface area contributed by atoms with E-state index in [0.29, 0.717) is 17.4 Å². The minimum atomic E-state index is -0.265. The van der Waals surface area contributed by atoms with E-state index < -0.39 is 0 Å². The van der Waals surface area contributed by atoms with Crippen molar-refractivity contribution in [3.63, 3.8) is 0 Å². The van der Waals surface area contributed by atoms with Crippen molar-refractivity contribution in [3.8, 4) is 22.5 Å². The van der Waals surface area contributed by atoms with E-state index in [9.17, 15) is 4.79 Å². The minimum absolute atomic E-state index is 0.265. The van der Waals surface area contributed by atoms with Crippen LogP contribution in [0.4, 0.5) is 5.69 Å². The molecule has 0 spiro atoms. The number of nitrogens with zero attached hydrogens (tertiary/aromatic N) is 5. The van der Waals surface area contributed by atoms with E-state index in [-0.39, 0.29) is 5.91 Å². The van der Waals surface area contributed by atoms with Gasteiger partial charge in [0.15, 0.2) is 5.82 Å². The van der Waals surface area contributed by atoms with Crippen LogP contribution in [0.3, 0.4) is 0 Å². The molecule has 148 valence electrons. The summed E-state index contributed by atoms with van der Waals surface area (Å²) in [5.74, 6) is 0.556. The third-order valence-corrected chi connectivity index (χ3v) is 5.23. The number of rotatable bonds is 5. The minimum Gasteiger partial charge on any atom is -0.321 e. The number of aryl methyl sites for hydroxylation is 1. The lowest BCUT2D eigenvalue weighted by atomic mass is 10.0. The molecule has 1 amide bonds. The molecule has 0 unspecified atom stereocenters. The van der Waals surface area contributed by atoms with Gasteiger partial charge in [-0.05, 0) is 61.2 Å². The van der Waals surface area contributed by atoms with Crippen LogP contribution in [0, 0.1) is 6.92 Å². The van der Waals surface area contributed by atoms with Crippen LogP contribution in [0.2, 0.25) is 0 Å². The first kappa shape index (κ1) is 18.2. The maximum Gasteiger partial charge on any atom is 0.274 e. The van der Waals surface area contributed by atoms with Crippen molar-refractivity contribution in [3.05, 3.63) is 78.6 Å². The summed E-state index contributed by atoms with van der Waals surface area (Å²) in [5, 5.41) is 11.3. The van der Waals surface area contributed by atoms with E-state index in [1.54, 1.807) is 31.0 Å². The van der Waals surface area contributed by atoms with Crippen LogP contribution in [0.1, 0.15) is 34.9 Å². The fraction of sp³-hybridized carbons (Fsp3) is 0.174. The molecule has 1 aromatic carbocycles. The fourth-order valence-electron chi connectivity index (χ4n) is 3.49. The number of amides is 1. The number of benzene rings is 1. The van der Waals surface area contributed by atoms with Crippen LogP contribution in [-0.2, 0) is 0 Å². The van der Waals surface area contributed by atoms with Gasteiger partial charge in [0.05, 0.1) is 0 Å². The van der Waals surface area contributed by atoms with Gasteiger partial charge in [0.2, 0.25) is 0 Å². The highest BCUT2D eigenvalue weighted by Crippen LogP contribution is 2.37. The van der Waals surface area contributed by atoms with E-state index in [1.807, 2.05) is 43.3 Å². The largest absolute Gasteiger partial charge is 0.321 e. The highest BCUT2D eigenvalue weighted by molar-refractivity contribution is 6.03. The van der Waals surface area contributed by atoms with Crippen molar-refractivity contribution in [2.45, 2.75) is 25.8 Å². The summed E-state index contributed by atoms with van der Waals surface area (Å²) in [7, 11) is 0. The molecule has 5 rings (SSSR count). The maximum atomic E-state index is 12.8. The molecular formula is C23H20N6O. The topological polar surface area (TPSA) is 85.6 Å². The Morgan fingerprint density at radius 2 is 2.00 bits per heavy atom. The van der Waals surface area contributed by atoms with Crippen LogP contribution >= 0.6 is 0 Å². The zero-order valence-corrected chi connectivity index (χ0v) is 16.5. The van der Waals surface area contributed by atoms with Gasteiger partial charge in [-0.25, -0.2) is 0 Å². The Morgan fingerprint density at radius 1 is 1.10 bits per heavy atom. The maximum absolute atomic E-state index is 12.8. The Morgan fingerprint density at radius 3 is 2.83 bits per heavy atom. The van der Waals surface area contributed by atoms with Gasteiger partial charge in [0.25, 0.3) is 5.91 Å². The Bertz CT molecular complexity index is 1230. The molecule has 3 aromatic heterocycles. The number of hydrogen-bond donors (Lipinski definition) is 1. The predicted molar refractivity (Wildman–Crippen MR) is 114 cm³/mol. The summed E-state index contributed by atoms with van der Waals surface area (Å²) in [4.78, 5) is 21.3. The predicted octanol–water partition coefficient (Wildman–Crippen LogP) is 4.30. The van der Waals surface area contributed by atoms with E-state index in [0.717, 1.165) is 40.9 Å². The van der Waals surface area contributed by atoms with Crippen molar-refractivity contribution < 1.29 is 4.79 Å². The molecule has 3 heterocycles. The van der Waals surface area contributed by atoms with Crippen molar-refractivity contribution in [2.24, 2.45) is 0 Å². The second-order valence-electron chi connectivity index (χ2n) is 7.45. The second kappa shape index (κ2) is 7.51. The molecule has 30 heavy (non-hydrogen) atoms. The van der Waals surface area contributed by atoms with E-state index in [4.69, 9.17) is 0 Å². The quantitative estimate of drug-likeness (QED) is 0.544. The van der Waals surface area contributed by atoms with Gasteiger partial charge in [-0.3, -0.25) is 14.8 Å². The highest BCUT2D eigenvalue weighted by Gasteiger charge is 2.26. The van der Waals surface area contributed by atoms with Gasteiger partial charge in [0, 0.05) is 41.4 Å². The second-order valence-corrected chi connectivity index (χ2v) is 7.45. The van der Waals surface area contributed by atoms with Crippen LogP contribution in [-0.4, -0.2) is 30.6 Å². The van der Waals surface area contributed by atoms with Crippen LogP contribution in [0.25, 0.3) is 22.5 Å². The Balaban J connectivity index is 1.39. The summed E-state index contributed by atoms with van der Waals surface area (Å²) in [6, 6.07) is 13.7. The molecule has 1 N–H and O–H groups in total. The van der Waals surface area contributed by atoms with E-state index in [1.165, 1.54) is 0 Å². The molecule has 0 bridgehead atoms. The van der Waals surface area contributed by atoms with Crippen molar-refractivity contribution in [2.75, 3.05) is 5.32 Å². The summed E-state index contributed by atoms with van der Waals surface area (Å²) >= 11 is 0. The van der Waals surface area contributed by atoms with Gasteiger partial charge in [0.1, 0.15) is 12.0 Å². The molecule has 7 nitrogen and oxygen atoms in total. The number of hydrogen-bond acceptors (Lipinski definition) is 5. The average Bonchev–Trinajstić information content (AvgIpc) is 3.50. The molecule has 1 aliphatic rings. The van der Waals surface area contributed by atoms with Crippen LogP contribution in [0.5, 0.6) is 0 Å². The standard InChI is InChI=1S/C23H20N6O/c1-15-7-9-24-13-20(15)16-8-10-25-21(12-16)23(30)27-18-4-2-3-17(11-18)22-28-26-14-29(22)19-5-6-19/h2-4,7-14,19H,5-6H2,1H3,(H,27,30). The number of pyridine rings is 2. The average molecular weight is 396 g/mol. The van der Waals surface area contributed by atoms with E-state index in [2.05, 4.69) is 30.0 Å². The first-order valence-corrected chi connectivity index (χ1v) is 9.87. The normalized spacial score (nSPS) is 13.2. The van der Waals surface area contributed by atoms with Crippen LogP contribution < -0.4 is 5.32 Å². The zero-order chi connectivity index (χ0) is 20.5. The Hall–Kier alpha value is -3.87. The van der Waals surface area contributed by atoms with Crippen molar-refractivity contribution in [1.29, 1.82) is 0 Å². The summed E-state index contributed by atoms with van der Waals surface area (Å²) in [6.45, 7) is 2.02. The number of aromatic nitrogens is 5. The van der Waals surface area contributed by atoms with Gasteiger partial charge >= 0.3 is 0 Å². The van der Waals surface area contributed by atoms with Gasteiger partial charge < -0.3 is 9.88 Å². The fourth-order valence-corrected chi connectivity index (χ4v) is 3.49. The van der Waals surface area contributed by atoms with Gasteiger partial charge in [-0.1, -0.05) is 12.1 Å². The Labute approximate surface area is 173 Å². The van der Waals surface area contributed by atoms with Gasteiger partial charge in [-0.15, -0.1) is 10.2 Å². The SMILES string of the molecule is Cc1ccncc1-c1ccnc(C(=O)Nc2cccc(-c3nncn3C3CC3)c2)c1. The molecule has 0 saturated heterocycles. The number of nitrogens with one attached hydrogen (secondary N) is 1. The van der Waals surface area contributed by atoms with Crippen molar-refractivity contribution >= 4 is 11.6 Å². The third-order valence-electron chi connectivity index (χ3n) is 5.23. The molecule has 7 heteroatoms. The molecule has 1 aliphatic carbocycles. The van der Waals surface area contributed by atoms with Crippen molar-refractivity contribution in [1.82, 2.24) is 24.7 Å². The highest BCUT2D eigenvalue weighted by atomic mass is 16.1. The first-order valence-electron chi connectivity index (χ1n) is 9.87. The number of anilines is 1. The lowest BCUT2D eigenvalue weighted by Gasteiger charge is -2.10. The summed E-state index contributed by atoms with van der Waals surface area (Å²) in [6.07, 6.45) is 9.27. The summed E-state index contributed by atoms with van der Waals surface area (Å²) < 4.78 is 2.10. The van der Waals surface area contributed by atoms with E-state index >= 15 is 0 Å². The summed E-state index contributed by atoms with van der Waals surface area (Å²) in [5.41, 5.74) is 4.94. The smallest absolute Gasteiger partial charge is 0.274 e. The number of carbonyl (C=O) groups excluding carboxylic acids is 1. The lowest BCUT2D eigenvalue weighted by molar-refractivity contribution is 0.102. The zero-order valence-electron chi connectivity index (χ0n) is 16.5. The van der Waals surface area contributed by atoms with Crippen LogP contribution in [0.15, 0.2) is 67.4 Å². The van der Waals surface area contributed by atoms with Gasteiger partial charge in [-0.2, -0.15) is 0 Å². The molecule has 1 fully saturated rings. The monoisotopic (exact) mass is 396 g/mol.